The van der Waals surface area contributed by atoms with Gasteiger partial charge in [0.1, 0.15) is 5.75 Å². The number of halogens is 4. The summed E-state index contributed by atoms with van der Waals surface area (Å²) in [6, 6.07) is 4.89. The fourth-order valence-corrected chi connectivity index (χ4v) is 5.89. The first-order valence-electron chi connectivity index (χ1n) is 10.8. The highest BCUT2D eigenvalue weighted by atomic mass is 35.5. The number of benzene rings is 1. The van der Waals surface area contributed by atoms with Gasteiger partial charge in [-0.3, -0.25) is 4.79 Å². The highest BCUT2D eigenvalue weighted by Gasteiger charge is 2.59. The standard InChI is InChI=1S/C23H28ClF3N2O3/c1-13-15-5-4-6-18(22(2,31)23(25,26)27)16(15)9-10-29(13)20(30)11-17-14(12-28)7-8-19(32-3)21(17)24/h7-8,13,15-16,18,31H,4-6,9-11H2,1-3H3/t13-,15+,16+,18+,22+/m0/s1. The molecule has 1 saturated carbocycles. The van der Waals surface area contributed by atoms with Crippen molar-refractivity contribution in [2.45, 2.75) is 63.8 Å². The van der Waals surface area contributed by atoms with E-state index < -0.39 is 17.7 Å². The lowest BCUT2D eigenvalue weighted by Crippen LogP contribution is -2.59. The van der Waals surface area contributed by atoms with Crippen LogP contribution in [0.1, 0.15) is 50.7 Å². The van der Waals surface area contributed by atoms with Gasteiger partial charge in [-0.05, 0) is 63.0 Å². The zero-order valence-corrected chi connectivity index (χ0v) is 19.1. The molecule has 5 nitrogen and oxygen atoms in total. The van der Waals surface area contributed by atoms with Gasteiger partial charge in [0.2, 0.25) is 5.91 Å². The van der Waals surface area contributed by atoms with Crippen LogP contribution in [-0.4, -0.2) is 47.4 Å². The highest BCUT2D eigenvalue weighted by molar-refractivity contribution is 6.33. The number of ether oxygens (including phenoxy) is 1. The number of rotatable bonds is 4. The van der Waals surface area contributed by atoms with Gasteiger partial charge in [0.15, 0.2) is 5.60 Å². The Morgan fingerprint density at radius 3 is 2.59 bits per heavy atom. The fraction of sp³-hybridized carbons (Fsp3) is 0.652. The summed E-state index contributed by atoms with van der Waals surface area (Å²) in [5, 5.41) is 20.0. The molecule has 1 aliphatic heterocycles. The lowest BCUT2D eigenvalue weighted by Gasteiger charge is -2.52. The molecule has 0 spiro atoms. The Morgan fingerprint density at radius 2 is 2.00 bits per heavy atom. The first-order valence-corrected chi connectivity index (χ1v) is 11.2. The molecule has 2 aliphatic rings. The molecule has 0 aromatic heterocycles. The van der Waals surface area contributed by atoms with E-state index in [4.69, 9.17) is 16.3 Å². The molecule has 9 heteroatoms. The normalized spacial score (nSPS) is 27.8. The van der Waals surface area contributed by atoms with E-state index in [0.717, 1.165) is 6.92 Å². The number of carbonyl (C=O) groups excluding carboxylic acids is 1. The number of amides is 1. The number of hydrogen-bond donors (Lipinski definition) is 1. The van der Waals surface area contributed by atoms with Crippen molar-refractivity contribution in [1.82, 2.24) is 4.90 Å². The van der Waals surface area contributed by atoms with Crippen molar-refractivity contribution >= 4 is 17.5 Å². The van der Waals surface area contributed by atoms with Gasteiger partial charge in [-0.1, -0.05) is 18.0 Å². The Balaban J connectivity index is 1.81. The summed E-state index contributed by atoms with van der Waals surface area (Å²) in [5.41, 5.74) is -2.09. The lowest BCUT2D eigenvalue weighted by molar-refractivity contribution is -0.285. The molecule has 2 fully saturated rings. The molecule has 0 unspecified atom stereocenters. The molecule has 1 aromatic rings. The Kier molecular flexibility index (Phi) is 7.02. The number of likely N-dealkylation sites (tertiary alicyclic amines) is 1. The number of nitriles is 1. The molecule has 1 N–H and O–H groups in total. The summed E-state index contributed by atoms with van der Waals surface area (Å²) in [6.07, 6.45) is -2.79. The van der Waals surface area contributed by atoms with Crippen molar-refractivity contribution in [3.05, 3.63) is 28.3 Å². The SMILES string of the molecule is COc1ccc(C#N)c(CC(=O)N2CC[C@@H]3[C@H](CCC[C@H]3[C@@](C)(O)C(F)(F)F)[C@@H]2C)c1Cl. The number of hydrogen-bond acceptors (Lipinski definition) is 4. The number of alkyl halides is 3. The zero-order chi connectivity index (χ0) is 23.8. The number of piperidine rings is 1. The maximum atomic E-state index is 13.5. The average Bonchev–Trinajstić information content (AvgIpc) is 2.74. The maximum Gasteiger partial charge on any atom is 0.417 e. The second kappa shape index (κ2) is 9.11. The van der Waals surface area contributed by atoms with Gasteiger partial charge in [-0.25, -0.2) is 0 Å². The van der Waals surface area contributed by atoms with Crippen LogP contribution in [0, 0.1) is 29.1 Å². The molecule has 1 heterocycles. The maximum absolute atomic E-state index is 13.5. The van der Waals surface area contributed by atoms with Crippen LogP contribution in [0.4, 0.5) is 13.2 Å². The van der Waals surface area contributed by atoms with Crippen LogP contribution in [-0.2, 0) is 11.2 Å². The second-order valence-corrected chi connectivity index (χ2v) is 9.40. The second-order valence-electron chi connectivity index (χ2n) is 9.02. The van der Waals surface area contributed by atoms with E-state index in [1.807, 2.05) is 13.0 Å². The van der Waals surface area contributed by atoms with E-state index >= 15 is 0 Å². The first-order chi connectivity index (χ1) is 14.9. The summed E-state index contributed by atoms with van der Waals surface area (Å²) >= 11 is 6.35. The third kappa shape index (κ3) is 4.29. The largest absolute Gasteiger partial charge is 0.495 e. The third-order valence-corrected chi connectivity index (χ3v) is 7.84. The van der Waals surface area contributed by atoms with Crippen molar-refractivity contribution in [2.24, 2.45) is 17.8 Å². The minimum atomic E-state index is -4.70. The molecule has 1 amide bonds. The van der Waals surface area contributed by atoms with E-state index in [0.29, 0.717) is 43.5 Å². The minimum absolute atomic E-state index is 0.0929. The predicted molar refractivity (Wildman–Crippen MR) is 113 cm³/mol. The molecule has 1 aromatic carbocycles. The molecule has 176 valence electrons. The summed E-state index contributed by atoms with van der Waals surface area (Å²) < 4.78 is 45.8. The summed E-state index contributed by atoms with van der Waals surface area (Å²) in [4.78, 5) is 14.9. The monoisotopic (exact) mass is 472 g/mol. The van der Waals surface area contributed by atoms with Gasteiger partial charge < -0.3 is 14.7 Å². The van der Waals surface area contributed by atoms with Crippen molar-refractivity contribution in [2.75, 3.05) is 13.7 Å². The molecule has 32 heavy (non-hydrogen) atoms. The predicted octanol–water partition coefficient (Wildman–Crippen LogP) is 4.73. The molecule has 1 saturated heterocycles. The molecule has 5 atom stereocenters. The van der Waals surface area contributed by atoms with Crippen LogP contribution >= 0.6 is 11.6 Å². The van der Waals surface area contributed by atoms with Crippen LogP contribution in [0.3, 0.4) is 0 Å². The molecule has 1 aliphatic carbocycles. The van der Waals surface area contributed by atoms with Gasteiger partial charge >= 0.3 is 6.18 Å². The smallest absolute Gasteiger partial charge is 0.417 e. The Hall–Kier alpha value is -1.98. The Morgan fingerprint density at radius 1 is 1.31 bits per heavy atom. The average molecular weight is 473 g/mol. The number of methoxy groups -OCH3 is 1. The molecular formula is C23H28ClF3N2O3. The van der Waals surface area contributed by atoms with Crippen molar-refractivity contribution < 1.29 is 27.8 Å². The quantitative estimate of drug-likeness (QED) is 0.687. The Bertz CT molecular complexity index is 913. The van der Waals surface area contributed by atoms with Gasteiger partial charge in [0, 0.05) is 18.2 Å². The fourth-order valence-electron chi connectivity index (χ4n) is 5.58. The molecular weight excluding hydrogens is 445 g/mol. The highest BCUT2D eigenvalue weighted by Crippen LogP contribution is 2.51. The van der Waals surface area contributed by atoms with Crippen LogP contribution in [0.25, 0.3) is 0 Å². The van der Waals surface area contributed by atoms with Crippen molar-refractivity contribution in [1.29, 1.82) is 5.26 Å². The third-order valence-electron chi connectivity index (χ3n) is 7.43. The van der Waals surface area contributed by atoms with Crippen molar-refractivity contribution in [3.8, 4) is 11.8 Å². The topological polar surface area (TPSA) is 73.6 Å². The van der Waals surface area contributed by atoms with Crippen LogP contribution in [0.5, 0.6) is 5.75 Å². The van der Waals surface area contributed by atoms with Gasteiger partial charge in [-0.2, -0.15) is 18.4 Å². The van der Waals surface area contributed by atoms with E-state index in [1.54, 1.807) is 17.0 Å². The van der Waals surface area contributed by atoms with E-state index in [2.05, 4.69) is 0 Å². The number of aliphatic hydroxyl groups is 1. The number of carbonyl (C=O) groups is 1. The van der Waals surface area contributed by atoms with E-state index in [9.17, 15) is 28.3 Å². The van der Waals surface area contributed by atoms with E-state index in [1.165, 1.54) is 7.11 Å². The van der Waals surface area contributed by atoms with Crippen LogP contribution in [0.15, 0.2) is 12.1 Å². The van der Waals surface area contributed by atoms with Gasteiger partial charge in [0.05, 0.1) is 30.2 Å². The van der Waals surface area contributed by atoms with Gasteiger partial charge in [-0.15, -0.1) is 0 Å². The van der Waals surface area contributed by atoms with Crippen LogP contribution < -0.4 is 4.74 Å². The van der Waals surface area contributed by atoms with Crippen LogP contribution in [0.2, 0.25) is 5.02 Å². The first kappa shape index (κ1) is 24.7. The van der Waals surface area contributed by atoms with Crippen molar-refractivity contribution in [3.63, 3.8) is 0 Å². The minimum Gasteiger partial charge on any atom is -0.495 e. The summed E-state index contributed by atoms with van der Waals surface area (Å²) in [5.74, 6) is -1.19. The number of nitrogens with zero attached hydrogens (tertiary/aromatic N) is 2. The number of fused-ring (bicyclic) bond motifs is 1. The van der Waals surface area contributed by atoms with Gasteiger partial charge in [0.25, 0.3) is 0 Å². The summed E-state index contributed by atoms with van der Waals surface area (Å²) in [6.45, 7) is 3.03. The lowest BCUT2D eigenvalue weighted by atomic mass is 9.61. The molecule has 0 bridgehead atoms. The van der Waals surface area contributed by atoms with E-state index in [-0.39, 0.29) is 40.8 Å². The summed E-state index contributed by atoms with van der Waals surface area (Å²) in [7, 11) is 1.45. The Labute approximate surface area is 191 Å². The zero-order valence-electron chi connectivity index (χ0n) is 18.4. The molecule has 3 rings (SSSR count). The molecule has 0 radical (unpaired) electrons.